The molecule has 2 aromatic heterocycles. The van der Waals surface area contributed by atoms with Crippen LogP contribution in [0.4, 0.5) is 10.5 Å². The Balaban J connectivity index is 1.91. The van der Waals surface area contributed by atoms with E-state index in [1.54, 1.807) is 12.4 Å². The van der Waals surface area contributed by atoms with Crippen molar-refractivity contribution in [3.05, 3.63) is 42.5 Å². The van der Waals surface area contributed by atoms with Crippen molar-refractivity contribution in [2.45, 2.75) is 13.0 Å². The van der Waals surface area contributed by atoms with Gasteiger partial charge in [-0.1, -0.05) is 6.07 Å². The molecule has 0 unspecified atom stereocenters. The maximum Gasteiger partial charge on any atom is 0.319 e. The molecule has 2 rings (SSSR count). The number of carbonyl (C=O) groups is 1. The highest BCUT2D eigenvalue weighted by molar-refractivity contribution is 5.89. The van der Waals surface area contributed by atoms with Crippen molar-refractivity contribution in [1.29, 1.82) is 0 Å². The minimum Gasteiger partial charge on any atom is -0.330 e. The fourth-order valence-electron chi connectivity index (χ4n) is 1.39. The van der Waals surface area contributed by atoms with Crippen molar-refractivity contribution in [3.63, 3.8) is 0 Å². The number of aromatic amines is 1. The lowest BCUT2D eigenvalue weighted by Crippen LogP contribution is -2.31. The van der Waals surface area contributed by atoms with Crippen molar-refractivity contribution < 1.29 is 4.79 Å². The van der Waals surface area contributed by atoms with E-state index in [1.807, 2.05) is 25.1 Å². The van der Waals surface area contributed by atoms with E-state index in [4.69, 9.17) is 0 Å². The first-order chi connectivity index (χ1) is 8.25. The molecule has 0 bridgehead atoms. The van der Waals surface area contributed by atoms with Gasteiger partial charge in [-0.3, -0.25) is 10.1 Å². The SMILES string of the molecule is C[C@@H](NC(=O)Nc1cn[nH]c1)c1ccccn1. The van der Waals surface area contributed by atoms with Gasteiger partial charge < -0.3 is 10.6 Å². The molecule has 0 saturated heterocycles. The number of hydrogen-bond donors (Lipinski definition) is 3. The van der Waals surface area contributed by atoms with Gasteiger partial charge in [0, 0.05) is 12.4 Å². The summed E-state index contributed by atoms with van der Waals surface area (Å²) in [5, 5.41) is 11.8. The molecule has 0 saturated carbocycles. The summed E-state index contributed by atoms with van der Waals surface area (Å²) in [6, 6.07) is 5.15. The Morgan fingerprint density at radius 2 is 2.35 bits per heavy atom. The molecule has 0 aliphatic carbocycles. The van der Waals surface area contributed by atoms with E-state index < -0.39 is 0 Å². The third-order valence-corrected chi connectivity index (χ3v) is 2.24. The number of H-pyrrole nitrogens is 1. The van der Waals surface area contributed by atoms with E-state index in [2.05, 4.69) is 25.8 Å². The monoisotopic (exact) mass is 231 g/mol. The zero-order valence-electron chi connectivity index (χ0n) is 9.34. The van der Waals surface area contributed by atoms with Gasteiger partial charge >= 0.3 is 6.03 Å². The van der Waals surface area contributed by atoms with E-state index in [9.17, 15) is 4.79 Å². The zero-order chi connectivity index (χ0) is 12.1. The fourth-order valence-corrected chi connectivity index (χ4v) is 1.39. The molecule has 88 valence electrons. The molecule has 17 heavy (non-hydrogen) atoms. The summed E-state index contributed by atoms with van der Waals surface area (Å²) in [6.45, 7) is 1.87. The molecule has 0 fully saturated rings. The van der Waals surface area contributed by atoms with Gasteiger partial charge in [0.15, 0.2) is 0 Å². The largest absolute Gasteiger partial charge is 0.330 e. The van der Waals surface area contributed by atoms with E-state index >= 15 is 0 Å². The lowest BCUT2D eigenvalue weighted by molar-refractivity contribution is 0.249. The maximum absolute atomic E-state index is 11.6. The lowest BCUT2D eigenvalue weighted by atomic mass is 10.2. The standard InChI is InChI=1S/C11H13N5O/c1-8(10-4-2-3-5-12-10)15-11(17)16-9-6-13-14-7-9/h2-8H,1H3,(H,13,14)(H2,15,16,17)/t8-/m1/s1. The van der Waals surface area contributed by atoms with Crippen LogP contribution in [0.5, 0.6) is 0 Å². The van der Waals surface area contributed by atoms with Crippen LogP contribution in [-0.2, 0) is 0 Å². The highest BCUT2D eigenvalue weighted by Crippen LogP contribution is 2.08. The normalized spacial score (nSPS) is 11.8. The summed E-state index contributed by atoms with van der Waals surface area (Å²) >= 11 is 0. The summed E-state index contributed by atoms with van der Waals surface area (Å²) in [4.78, 5) is 15.8. The minimum atomic E-state index is -0.287. The van der Waals surface area contributed by atoms with E-state index in [0.29, 0.717) is 5.69 Å². The molecule has 2 amide bonds. The lowest BCUT2D eigenvalue weighted by Gasteiger charge is -2.13. The molecule has 0 aliphatic rings. The number of amides is 2. The topological polar surface area (TPSA) is 82.7 Å². The van der Waals surface area contributed by atoms with Crippen molar-refractivity contribution in [1.82, 2.24) is 20.5 Å². The van der Waals surface area contributed by atoms with Crippen LogP contribution in [0.15, 0.2) is 36.8 Å². The van der Waals surface area contributed by atoms with Crippen molar-refractivity contribution in [2.75, 3.05) is 5.32 Å². The van der Waals surface area contributed by atoms with E-state index in [0.717, 1.165) is 5.69 Å². The van der Waals surface area contributed by atoms with Gasteiger partial charge in [-0.2, -0.15) is 5.10 Å². The number of hydrogen-bond acceptors (Lipinski definition) is 3. The Labute approximate surface area is 98.5 Å². The Morgan fingerprint density at radius 3 is 3.00 bits per heavy atom. The average Bonchev–Trinajstić information content (AvgIpc) is 2.82. The molecule has 0 spiro atoms. The first-order valence-electron chi connectivity index (χ1n) is 5.23. The molecule has 1 atom stereocenters. The highest BCUT2D eigenvalue weighted by atomic mass is 16.2. The van der Waals surface area contributed by atoms with Crippen molar-refractivity contribution in [3.8, 4) is 0 Å². The van der Waals surface area contributed by atoms with Crippen LogP contribution in [0.3, 0.4) is 0 Å². The highest BCUT2D eigenvalue weighted by Gasteiger charge is 2.10. The number of anilines is 1. The van der Waals surface area contributed by atoms with Crippen LogP contribution in [0.2, 0.25) is 0 Å². The number of carbonyl (C=O) groups excluding carboxylic acids is 1. The minimum absolute atomic E-state index is 0.150. The summed E-state index contributed by atoms with van der Waals surface area (Å²) in [7, 11) is 0. The Bertz CT molecular complexity index is 468. The smallest absolute Gasteiger partial charge is 0.319 e. The summed E-state index contributed by atoms with van der Waals surface area (Å²) in [6.07, 6.45) is 4.83. The van der Waals surface area contributed by atoms with Crippen LogP contribution >= 0.6 is 0 Å². The first-order valence-corrected chi connectivity index (χ1v) is 5.23. The van der Waals surface area contributed by atoms with Crippen LogP contribution < -0.4 is 10.6 Å². The molecule has 6 heteroatoms. The molecule has 0 radical (unpaired) electrons. The number of aromatic nitrogens is 3. The van der Waals surface area contributed by atoms with Gasteiger partial charge in [0.05, 0.1) is 23.6 Å². The number of nitrogens with zero attached hydrogens (tertiary/aromatic N) is 2. The van der Waals surface area contributed by atoms with Crippen LogP contribution in [0.25, 0.3) is 0 Å². The maximum atomic E-state index is 11.6. The Kier molecular flexibility index (Phi) is 3.34. The van der Waals surface area contributed by atoms with Gasteiger partial charge in [-0.15, -0.1) is 0 Å². The van der Waals surface area contributed by atoms with E-state index in [1.165, 1.54) is 6.20 Å². The predicted molar refractivity (Wildman–Crippen MR) is 63.4 cm³/mol. The zero-order valence-corrected chi connectivity index (χ0v) is 9.34. The molecule has 0 aliphatic heterocycles. The molecule has 0 aromatic carbocycles. The predicted octanol–water partition coefficient (Wildman–Crippen LogP) is 1.69. The van der Waals surface area contributed by atoms with Crippen LogP contribution in [-0.4, -0.2) is 21.2 Å². The van der Waals surface area contributed by atoms with Gasteiger partial charge in [0.25, 0.3) is 0 Å². The van der Waals surface area contributed by atoms with Crippen molar-refractivity contribution >= 4 is 11.7 Å². The van der Waals surface area contributed by atoms with Crippen LogP contribution in [0.1, 0.15) is 18.7 Å². The Hall–Kier alpha value is -2.37. The summed E-state index contributed by atoms with van der Waals surface area (Å²) in [5.74, 6) is 0. The number of pyridine rings is 1. The van der Waals surface area contributed by atoms with Gasteiger partial charge in [-0.25, -0.2) is 4.79 Å². The van der Waals surface area contributed by atoms with Gasteiger partial charge in [0.1, 0.15) is 0 Å². The summed E-state index contributed by atoms with van der Waals surface area (Å²) < 4.78 is 0. The second kappa shape index (κ2) is 5.11. The number of rotatable bonds is 3. The second-order valence-electron chi connectivity index (χ2n) is 3.56. The molecule has 3 N–H and O–H groups in total. The van der Waals surface area contributed by atoms with Crippen molar-refractivity contribution in [2.24, 2.45) is 0 Å². The van der Waals surface area contributed by atoms with Gasteiger partial charge in [0.2, 0.25) is 0 Å². The molecular formula is C11H13N5O. The van der Waals surface area contributed by atoms with E-state index in [-0.39, 0.29) is 12.1 Å². The average molecular weight is 231 g/mol. The number of nitrogens with one attached hydrogen (secondary N) is 3. The molecule has 2 heterocycles. The second-order valence-corrected chi connectivity index (χ2v) is 3.56. The third kappa shape index (κ3) is 3.04. The Morgan fingerprint density at radius 1 is 1.47 bits per heavy atom. The molecule has 2 aromatic rings. The fraction of sp³-hybridized carbons (Fsp3) is 0.182. The quantitative estimate of drug-likeness (QED) is 0.751. The number of urea groups is 1. The van der Waals surface area contributed by atoms with Crippen LogP contribution in [0, 0.1) is 0 Å². The third-order valence-electron chi connectivity index (χ3n) is 2.24. The molecule has 6 nitrogen and oxygen atoms in total. The first kappa shape index (κ1) is 11.1. The molecular weight excluding hydrogens is 218 g/mol. The summed E-state index contributed by atoms with van der Waals surface area (Å²) in [5.41, 5.74) is 1.44. The van der Waals surface area contributed by atoms with Gasteiger partial charge in [-0.05, 0) is 19.1 Å².